The summed E-state index contributed by atoms with van der Waals surface area (Å²) in [6, 6.07) is 0.624. The lowest BCUT2D eigenvalue weighted by Crippen LogP contribution is -2.26. The number of anilines is 1. The van der Waals surface area contributed by atoms with Crippen molar-refractivity contribution in [3.63, 3.8) is 0 Å². The zero-order chi connectivity index (χ0) is 11.4. The molecule has 1 saturated heterocycles. The van der Waals surface area contributed by atoms with Gasteiger partial charge in [-0.05, 0) is 37.7 Å². The Labute approximate surface area is 102 Å². The van der Waals surface area contributed by atoms with Crippen LogP contribution in [0.5, 0.6) is 0 Å². The normalized spacial score (nSPS) is 17.6. The molecular weight excluding hydrogens is 218 g/mol. The summed E-state index contributed by atoms with van der Waals surface area (Å²) >= 11 is 2.06. The van der Waals surface area contributed by atoms with Gasteiger partial charge in [0.05, 0.1) is 5.69 Å². The molecule has 4 heteroatoms. The maximum atomic E-state index is 4.57. The van der Waals surface area contributed by atoms with E-state index in [1.807, 2.05) is 0 Å². The van der Waals surface area contributed by atoms with Gasteiger partial charge in [-0.25, -0.2) is 4.98 Å². The van der Waals surface area contributed by atoms with E-state index in [0.717, 1.165) is 24.6 Å². The second-order valence-corrected chi connectivity index (χ2v) is 5.66. The topological polar surface area (TPSA) is 29.9 Å². The van der Waals surface area contributed by atoms with Gasteiger partial charge in [0.25, 0.3) is 0 Å². The van der Waals surface area contributed by atoms with Gasteiger partial charge < -0.3 is 9.88 Å². The largest absolute Gasteiger partial charge is 0.353 e. The number of aryl methyl sites for hydroxylation is 2. The number of nitrogens with one attached hydrogen (secondary N) is 1. The average Bonchev–Trinajstić information content (AvgIpc) is 2.61. The summed E-state index contributed by atoms with van der Waals surface area (Å²) in [6.45, 7) is 5.33. The molecule has 0 bridgehead atoms. The van der Waals surface area contributed by atoms with E-state index in [0.29, 0.717) is 6.04 Å². The molecule has 0 spiro atoms. The predicted molar refractivity (Wildman–Crippen MR) is 71.2 cm³/mol. The summed E-state index contributed by atoms with van der Waals surface area (Å²) in [4.78, 5) is 4.57. The number of aromatic nitrogens is 2. The second-order valence-electron chi connectivity index (χ2n) is 4.43. The SMILES string of the molecule is CCCn1cc(C)nc1NC1CCSCC1. The third-order valence-corrected chi connectivity index (χ3v) is 3.96. The van der Waals surface area contributed by atoms with Crippen LogP contribution in [0.4, 0.5) is 5.95 Å². The number of imidazole rings is 1. The minimum Gasteiger partial charge on any atom is -0.353 e. The number of rotatable bonds is 4. The number of thioether (sulfide) groups is 1. The van der Waals surface area contributed by atoms with Crippen molar-refractivity contribution in [2.24, 2.45) is 0 Å². The molecule has 0 unspecified atom stereocenters. The van der Waals surface area contributed by atoms with E-state index in [2.05, 4.69) is 46.7 Å². The van der Waals surface area contributed by atoms with E-state index in [1.165, 1.54) is 24.3 Å². The van der Waals surface area contributed by atoms with Crippen molar-refractivity contribution >= 4 is 17.7 Å². The maximum absolute atomic E-state index is 4.57. The van der Waals surface area contributed by atoms with Crippen LogP contribution in [-0.2, 0) is 6.54 Å². The van der Waals surface area contributed by atoms with E-state index < -0.39 is 0 Å². The van der Waals surface area contributed by atoms with E-state index in [9.17, 15) is 0 Å². The zero-order valence-electron chi connectivity index (χ0n) is 10.2. The smallest absolute Gasteiger partial charge is 0.203 e. The van der Waals surface area contributed by atoms with Crippen molar-refractivity contribution in [1.82, 2.24) is 9.55 Å². The van der Waals surface area contributed by atoms with Crippen LogP contribution in [0.1, 0.15) is 31.9 Å². The number of nitrogens with zero attached hydrogens (tertiary/aromatic N) is 2. The van der Waals surface area contributed by atoms with Crippen LogP contribution in [0.3, 0.4) is 0 Å². The van der Waals surface area contributed by atoms with E-state index in [-0.39, 0.29) is 0 Å². The summed E-state index contributed by atoms with van der Waals surface area (Å²) in [5, 5.41) is 3.59. The maximum Gasteiger partial charge on any atom is 0.203 e. The van der Waals surface area contributed by atoms with Gasteiger partial charge in [0.1, 0.15) is 0 Å². The summed E-state index contributed by atoms with van der Waals surface area (Å²) in [5.74, 6) is 3.63. The summed E-state index contributed by atoms with van der Waals surface area (Å²) in [5.41, 5.74) is 1.11. The van der Waals surface area contributed by atoms with Gasteiger partial charge in [-0.15, -0.1) is 0 Å². The fourth-order valence-corrected chi connectivity index (χ4v) is 3.20. The van der Waals surface area contributed by atoms with Crippen molar-refractivity contribution in [3.05, 3.63) is 11.9 Å². The van der Waals surface area contributed by atoms with Crippen molar-refractivity contribution in [2.45, 2.75) is 45.7 Å². The quantitative estimate of drug-likeness (QED) is 0.876. The molecule has 3 nitrogen and oxygen atoms in total. The molecule has 1 aromatic heterocycles. The molecule has 0 aliphatic carbocycles. The highest BCUT2D eigenvalue weighted by atomic mass is 32.2. The van der Waals surface area contributed by atoms with Gasteiger partial charge in [-0.1, -0.05) is 6.92 Å². The van der Waals surface area contributed by atoms with Gasteiger partial charge in [0, 0.05) is 18.8 Å². The van der Waals surface area contributed by atoms with Crippen molar-refractivity contribution in [2.75, 3.05) is 16.8 Å². The van der Waals surface area contributed by atoms with Gasteiger partial charge in [-0.3, -0.25) is 0 Å². The molecule has 1 aliphatic heterocycles. The predicted octanol–water partition coefficient (Wildman–Crippen LogP) is 2.91. The third kappa shape index (κ3) is 2.94. The lowest BCUT2D eigenvalue weighted by Gasteiger charge is -2.23. The molecule has 0 atom stereocenters. The molecule has 1 aliphatic rings. The van der Waals surface area contributed by atoms with E-state index >= 15 is 0 Å². The Bertz CT molecular complexity index is 329. The molecule has 2 heterocycles. The monoisotopic (exact) mass is 239 g/mol. The molecule has 1 N–H and O–H groups in total. The van der Waals surface area contributed by atoms with Gasteiger partial charge in [-0.2, -0.15) is 11.8 Å². The fourth-order valence-electron chi connectivity index (χ4n) is 2.10. The molecular formula is C12H21N3S. The van der Waals surface area contributed by atoms with Gasteiger partial charge in [0.2, 0.25) is 5.95 Å². The highest BCUT2D eigenvalue weighted by Gasteiger charge is 2.15. The molecule has 0 saturated carbocycles. The first-order valence-corrected chi connectivity index (χ1v) is 7.33. The van der Waals surface area contributed by atoms with E-state index in [4.69, 9.17) is 0 Å². The first kappa shape index (κ1) is 11.8. The standard InChI is InChI=1S/C12H21N3S/c1-3-6-15-9-10(2)13-12(15)14-11-4-7-16-8-5-11/h9,11H,3-8H2,1-2H3,(H,13,14). The van der Waals surface area contributed by atoms with Crippen LogP contribution < -0.4 is 5.32 Å². The van der Waals surface area contributed by atoms with Crippen molar-refractivity contribution in [1.29, 1.82) is 0 Å². The Hall–Kier alpha value is -0.640. The Morgan fingerprint density at radius 1 is 1.50 bits per heavy atom. The molecule has 0 radical (unpaired) electrons. The van der Waals surface area contributed by atoms with Crippen LogP contribution in [0.25, 0.3) is 0 Å². The highest BCUT2D eigenvalue weighted by Crippen LogP contribution is 2.20. The van der Waals surface area contributed by atoms with Crippen LogP contribution >= 0.6 is 11.8 Å². The molecule has 16 heavy (non-hydrogen) atoms. The minimum absolute atomic E-state index is 0.624. The Balaban J connectivity index is 2.01. The summed E-state index contributed by atoms with van der Waals surface area (Å²) in [7, 11) is 0. The Morgan fingerprint density at radius 2 is 2.25 bits per heavy atom. The van der Waals surface area contributed by atoms with Crippen molar-refractivity contribution in [3.8, 4) is 0 Å². The van der Waals surface area contributed by atoms with Crippen LogP contribution in [-0.4, -0.2) is 27.1 Å². The fraction of sp³-hybridized carbons (Fsp3) is 0.750. The van der Waals surface area contributed by atoms with Gasteiger partial charge >= 0.3 is 0 Å². The average molecular weight is 239 g/mol. The van der Waals surface area contributed by atoms with Crippen LogP contribution in [0.15, 0.2) is 6.20 Å². The number of hydrogen-bond acceptors (Lipinski definition) is 3. The molecule has 0 amide bonds. The van der Waals surface area contributed by atoms with E-state index in [1.54, 1.807) is 0 Å². The zero-order valence-corrected chi connectivity index (χ0v) is 11.0. The molecule has 1 fully saturated rings. The van der Waals surface area contributed by atoms with Crippen LogP contribution in [0, 0.1) is 6.92 Å². The Morgan fingerprint density at radius 3 is 2.94 bits per heavy atom. The molecule has 2 rings (SSSR count). The first-order valence-electron chi connectivity index (χ1n) is 6.17. The molecule has 90 valence electrons. The highest BCUT2D eigenvalue weighted by molar-refractivity contribution is 7.99. The molecule has 1 aromatic rings. The first-order chi connectivity index (χ1) is 7.79. The van der Waals surface area contributed by atoms with Gasteiger partial charge in [0.15, 0.2) is 0 Å². The third-order valence-electron chi connectivity index (χ3n) is 2.92. The summed E-state index contributed by atoms with van der Waals surface area (Å²) in [6.07, 6.45) is 5.83. The number of hydrogen-bond donors (Lipinski definition) is 1. The lowest BCUT2D eigenvalue weighted by molar-refractivity contribution is 0.631. The van der Waals surface area contributed by atoms with Crippen molar-refractivity contribution < 1.29 is 0 Å². The second kappa shape index (κ2) is 5.62. The van der Waals surface area contributed by atoms with Crippen LogP contribution in [0.2, 0.25) is 0 Å². The minimum atomic E-state index is 0.624. The summed E-state index contributed by atoms with van der Waals surface area (Å²) < 4.78 is 2.25. The lowest BCUT2D eigenvalue weighted by atomic mass is 10.2. The Kier molecular flexibility index (Phi) is 4.16. The molecule has 0 aromatic carbocycles.